The second-order valence-corrected chi connectivity index (χ2v) is 18.4. The van der Waals surface area contributed by atoms with Crippen LogP contribution in [0.25, 0.3) is 0 Å². The first kappa shape index (κ1) is 41.4. The molecule has 14 nitrogen and oxygen atoms in total. The fourth-order valence-electron chi connectivity index (χ4n) is 12.6. The molecule has 3 aliphatic heterocycles. The fraction of sp³-hybridized carbons (Fsp3) is 0.927. The van der Waals surface area contributed by atoms with Crippen LogP contribution in [-0.2, 0) is 57.0 Å². The van der Waals surface area contributed by atoms with Gasteiger partial charge in [0.15, 0.2) is 12.6 Å². The van der Waals surface area contributed by atoms with Crippen molar-refractivity contribution in [2.45, 2.75) is 192 Å². The molecule has 14 heteroatoms. The Bertz CT molecular complexity index is 1470. The molecule has 7 aliphatic rings. The summed E-state index contributed by atoms with van der Waals surface area (Å²) in [4.78, 5) is 39.6. The highest BCUT2D eigenvalue weighted by Crippen LogP contribution is 2.81. The zero-order chi connectivity index (χ0) is 40.0. The molecular weight excluding hydrogens is 716 g/mol. The third-order valence-electron chi connectivity index (χ3n) is 15.3. The SMILES string of the molecule is CO[C@@H]1[C@H](O)[C@@H](C)OC(O[C@@H]2[C@@H](C)O[C@@H](O[C@H]3CC[C@@]4(C)C(CC[C@@]56O[C@@]57CC[C@@H](C(C)=O)C7(C)[C@H](OC(C)=O)[C@@H](OC(=O)C(C)C)[C@H]46)C3)C[C@H]2OC)[C@@H]1O. The minimum Gasteiger partial charge on any atom is -0.458 e. The Morgan fingerprint density at radius 3 is 2.16 bits per heavy atom. The zero-order valence-corrected chi connectivity index (χ0v) is 34.2. The Morgan fingerprint density at radius 2 is 1.53 bits per heavy atom. The fourth-order valence-corrected chi connectivity index (χ4v) is 12.6. The Hall–Kier alpha value is -1.75. The number of ether oxygens (including phenoxy) is 9. The van der Waals surface area contributed by atoms with Gasteiger partial charge in [-0.1, -0.05) is 27.7 Å². The Morgan fingerprint density at radius 1 is 0.800 bits per heavy atom. The first-order valence-corrected chi connectivity index (χ1v) is 20.5. The summed E-state index contributed by atoms with van der Waals surface area (Å²) in [5, 5.41) is 21.3. The van der Waals surface area contributed by atoms with Crippen LogP contribution in [0.15, 0.2) is 0 Å². The summed E-state index contributed by atoms with van der Waals surface area (Å²) in [5.41, 5.74) is -2.42. The van der Waals surface area contributed by atoms with E-state index < -0.39 is 96.0 Å². The van der Waals surface area contributed by atoms with Crippen molar-refractivity contribution in [3.8, 4) is 0 Å². The van der Waals surface area contributed by atoms with Gasteiger partial charge in [0.25, 0.3) is 0 Å². The van der Waals surface area contributed by atoms with Crippen LogP contribution in [0.3, 0.4) is 0 Å². The topological polar surface area (TPSA) is 178 Å². The number of esters is 2. The van der Waals surface area contributed by atoms with Crippen LogP contribution < -0.4 is 0 Å². The third-order valence-corrected chi connectivity index (χ3v) is 15.3. The van der Waals surface area contributed by atoms with Gasteiger partial charge in [0.2, 0.25) is 0 Å². The molecule has 2 N–H and O–H groups in total. The van der Waals surface area contributed by atoms with Gasteiger partial charge in [-0.15, -0.1) is 0 Å². The van der Waals surface area contributed by atoms with Gasteiger partial charge in [0, 0.05) is 44.8 Å². The molecule has 55 heavy (non-hydrogen) atoms. The first-order valence-electron chi connectivity index (χ1n) is 20.5. The van der Waals surface area contributed by atoms with E-state index in [4.69, 9.17) is 42.6 Å². The summed E-state index contributed by atoms with van der Waals surface area (Å²) >= 11 is 0. The normalized spacial score (nSPS) is 51.6. The van der Waals surface area contributed by atoms with Gasteiger partial charge >= 0.3 is 11.9 Å². The van der Waals surface area contributed by atoms with E-state index in [-0.39, 0.29) is 41.0 Å². The predicted molar refractivity (Wildman–Crippen MR) is 193 cm³/mol. The van der Waals surface area contributed by atoms with E-state index in [1.807, 2.05) is 13.8 Å². The van der Waals surface area contributed by atoms with Gasteiger partial charge in [-0.2, -0.15) is 0 Å². The van der Waals surface area contributed by atoms with Crippen molar-refractivity contribution in [3.05, 3.63) is 0 Å². The van der Waals surface area contributed by atoms with Gasteiger partial charge < -0.3 is 52.8 Å². The van der Waals surface area contributed by atoms with Crippen molar-refractivity contribution in [3.63, 3.8) is 0 Å². The van der Waals surface area contributed by atoms with Crippen molar-refractivity contribution in [1.29, 1.82) is 0 Å². The van der Waals surface area contributed by atoms with Crippen LogP contribution in [0.1, 0.15) is 107 Å². The lowest BCUT2D eigenvalue weighted by atomic mass is 9.43. The van der Waals surface area contributed by atoms with Gasteiger partial charge in [0.1, 0.15) is 53.6 Å². The monoisotopic (exact) mass is 780 g/mol. The van der Waals surface area contributed by atoms with E-state index in [1.165, 1.54) is 14.0 Å². The molecule has 3 unspecified atom stereocenters. The molecule has 0 aromatic carbocycles. The number of hydrogen-bond donors (Lipinski definition) is 2. The quantitative estimate of drug-likeness (QED) is 0.187. The van der Waals surface area contributed by atoms with Crippen LogP contribution in [0.5, 0.6) is 0 Å². The maximum Gasteiger partial charge on any atom is 0.308 e. The highest BCUT2D eigenvalue weighted by molar-refractivity contribution is 5.81. The highest BCUT2D eigenvalue weighted by atomic mass is 16.7. The molecule has 0 amide bonds. The summed E-state index contributed by atoms with van der Waals surface area (Å²) < 4.78 is 56.3. The molecule has 0 aromatic heterocycles. The Labute approximate surface area is 324 Å². The Balaban J connectivity index is 1.09. The second-order valence-electron chi connectivity index (χ2n) is 18.4. The first-order chi connectivity index (χ1) is 25.9. The molecule has 0 bridgehead atoms. The van der Waals surface area contributed by atoms with Crippen molar-refractivity contribution < 1.29 is 67.2 Å². The summed E-state index contributed by atoms with van der Waals surface area (Å²) in [7, 11) is 3.04. The number of Topliss-reactive ketones (excluding diaryl/α,β-unsaturated/α-hetero) is 1. The molecule has 4 aliphatic carbocycles. The molecule has 3 saturated heterocycles. The van der Waals surface area contributed by atoms with Gasteiger partial charge in [-0.3, -0.25) is 14.4 Å². The number of epoxide rings is 1. The molecular formula is C41H64O14. The van der Waals surface area contributed by atoms with E-state index in [1.54, 1.807) is 34.8 Å². The summed E-state index contributed by atoms with van der Waals surface area (Å²) in [6.45, 7) is 14.5. The Kier molecular flexibility index (Phi) is 11.2. The van der Waals surface area contributed by atoms with Crippen LogP contribution in [0.4, 0.5) is 0 Å². The average molecular weight is 781 g/mol. The van der Waals surface area contributed by atoms with Gasteiger partial charge in [0.05, 0.1) is 30.3 Å². The maximum absolute atomic E-state index is 13.5. The third kappa shape index (κ3) is 6.34. The molecule has 0 aromatic rings. The minimum absolute atomic E-state index is 0.0362. The largest absolute Gasteiger partial charge is 0.458 e. The van der Waals surface area contributed by atoms with Crippen LogP contribution in [0.2, 0.25) is 0 Å². The lowest BCUT2D eigenvalue weighted by molar-refractivity contribution is -0.343. The molecule has 7 fully saturated rings. The zero-order valence-electron chi connectivity index (χ0n) is 34.2. The number of hydrogen-bond acceptors (Lipinski definition) is 14. The van der Waals surface area contributed by atoms with E-state index >= 15 is 0 Å². The number of rotatable bonds is 10. The van der Waals surface area contributed by atoms with E-state index in [0.717, 1.165) is 32.1 Å². The van der Waals surface area contributed by atoms with E-state index in [2.05, 4.69) is 6.92 Å². The number of carbonyl (C=O) groups is 3. The van der Waals surface area contributed by atoms with Crippen LogP contribution in [0, 0.1) is 34.5 Å². The predicted octanol–water partition coefficient (Wildman–Crippen LogP) is 3.63. The molecule has 4 saturated carbocycles. The lowest BCUT2D eigenvalue weighted by Crippen LogP contribution is -2.70. The van der Waals surface area contributed by atoms with Crippen LogP contribution in [-0.4, -0.2) is 127 Å². The summed E-state index contributed by atoms with van der Waals surface area (Å²) in [5.74, 6) is -1.62. The summed E-state index contributed by atoms with van der Waals surface area (Å²) in [6.07, 6.45) is -2.85. The molecule has 19 atom stereocenters. The van der Waals surface area contributed by atoms with E-state index in [9.17, 15) is 24.6 Å². The molecule has 312 valence electrons. The smallest absolute Gasteiger partial charge is 0.308 e. The number of ketones is 1. The average Bonchev–Trinajstić information content (AvgIpc) is 3.67. The molecule has 7 rings (SSSR count). The van der Waals surface area contributed by atoms with Gasteiger partial charge in [-0.05, 0) is 77.0 Å². The second kappa shape index (κ2) is 14.8. The molecule has 2 spiro atoms. The number of carbonyl (C=O) groups excluding carboxylic acids is 3. The number of methoxy groups -OCH3 is 2. The van der Waals surface area contributed by atoms with Crippen molar-refractivity contribution in [2.24, 2.45) is 34.5 Å². The van der Waals surface area contributed by atoms with E-state index in [0.29, 0.717) is 19.3 Å². The number of aliphatic hydroxyl groups is 2. The minimum atomic E-state index is -1.21. The standard InChI is InChI=1S/C41H64O14/c1-19(2)36(46)53-33-34-38(7)14-12-25(52-28-18-27(47-9)31(22(5)49-28)54-37-30(45)32(48-10)29(44)21(4)50-37)17-24(38)11-15-40(34)41(55-40)16-13-26(20(3)42)39(41,8)35(33)51-23(6)43/h19,21-22,24-35,37,44-45H,11-18H2,1-10H3/t21-,22-,24?,25+,26+,27-,28+,29-,30-,31-,32-,33+,34-,35-,37?,38+,39?,40+,41-/m1/s1. The number of aliphatic hydroxyl groups excluding tert-OH is 2. The maximum atomic E-state index is 13.5. The van der Waals surface area contributed by atoms with Crippen LogP contribution >= 0.6 is 0 Å². The summed E-state index contributed by atoms with van der Waals surface area (Å²) in [6, 6.07) is 0. The van der Waals surface area contributed by atoms with Crippen molar-refractivity contribution in [1.82, 2.24) is 0 Å². The highest BCUT2D eigenvalue weighted by Gasteiger charge is 2.91. The number of fused-ring (bicyclic) bond motifs is 2. The molecule has 3 heterocycles. The van der Waals surface area contributed by atoms with Crippen molar-refractivity contribution in [2.75, 3.05) is 14.2 Å². The lowest BCUT2D eigenvalue weighted by Gasteiger charge is -2.61. The molecule has 0 radical (unpaired) electrons. The van der Waals surface area contributed by atoms with Gasteiger partial charge in [-0.25, -0.2) is 0 Å². The van der Waals surface area contributed by atoms with Crippen molar-refractivity contribution >= 4 is 17.7 Å².